The van der Waals surface area contributed by atoms with Gasteiger partial charge in [-0.05, 0) is 74.1 Å². The molecule has 0 saturated carbocycles. The highest BCUT2D eigenvalue weighted by Gasteiger charge is 2.45. The predicted octanol–water partition coefficient (Wildman–Crippen LogP) is 6.62. The minimum Gasteiger partial charge on any atom is -0.496 e. The van der Waals surface area contributed by atoms with Crippen molar-refractivity contribution in [3.8, 4) is 17.2 Å². The summed E-state index contributed by atoms with van der Waals surface area (Å²) in [6, 6.07) is 24.5. The molecule has 5 nitrogen and oxygen atoms in total. The molecular formula is C31H32BrNO4. The fraction of sp³-hybridized carbons (Fsp3) is 0.290. The Kier molecular flexibility index (Phi) is 7.17. The van der Waals surface area contributed by atoms with Crippen LogP contribution in [0.15, 0.2) is 77.3 Å². The summed E-state index contributed by atoms with van der Waals surface area (Å²) < 4.78 is 18.6. The Morgan fingerprint density at radius 3 is 2.57 bits per heavy atom. The van der Waals surface area contributed by atoms with Gasteiger partial charge in [0.25, 0.3) is 0 Å². The summed E-state index contributed by atoms with van der Waals surface area (Å²) in [6.07, 6.45) is 0.470. The minimum absolute atomic E-state index is 0.137. The average molecular weight is 563 g/mol. The third-order valence-electron chi connectivity index (χ3n) is 7.12. The maximum Gasteiger partial charge on any atom is 0.231 e. The van der Waals surface area contributed by atoms with Crippen LogP contribution < -0.4 is 14.2 Å². The predicted molar refractivity (Wildman–Crippen MR) is 151 cm³/mol. The van der Waals surface area contributed by atoms with E-state index in [-0.39, 0.29) is 6.79 Å². The van der Waals surface area contributed by atoms with E-state index in [1.54, 1.807) is 7.11 Å². The number of hydrogen-bond donors (Lipinski definition) is 1. The summed E-state index contributed by atoms with van der Waals surface area (Å²) in [5, 5.41) is 15.1. The fourth-order valence-corrected chi connectivity index (χ4v) is 5.71. The lowest BCUT2D eigenvalue weighted by Crippen LogP contribution is -2.38. The van der Waals surface area contributed by atoms with E-state index in [9.17, 15) is 5.11 Å². The van der Waals surface area contributed by atoms with Gasteiger partial charge in [-0.3, -0.25) is 0 Å². The summed E-state index contributed by atoms with van der Waals surface area (Å²) in [5.41, 5.74) is 2.43. The Bertz CT molecular complexity index is 1440. The monoisotopic (exact) mass is 561 g/mol. The molecule has 0 saturated heterocycles. The Labute approximate surface area is 226 Å². The van der Waals surface area contributed by atoms with Gasteiger partial charge < -0.3 is 24.2 Å². The summed E-state index contributed by atoms with van der Waals surface area (Å²) in [4.78, 5) is 2.09. The average Bonchev–Trinajstić information content (AvgIpc) is 3.36. The van der Waals surface area contributed by atoms with Crippen LogP contribution in [0.1, 0.15) is 34.6 Å². The maximum atomic E-state index is 13.0. The zero-order valence-electron chi connectivity index (χ0n) is 21.6. The lowest BCUT2D eigenvalue weighted by Gasteiger charge is -2.39. The molecular weight excluding hydrogens is 530 g/mol. The smallest absolute Gasteiger partial charge is 0.231 e. The first-order valence-corrected chi connectivity index (χ1v) is 13.2. The molecule has 0 amide bonds. The molecule has 0 bridgehead atoms. The quantitative estimate of drug-likeness (QED) is 0.262. The van der Waals surface area contributed by atoms with Gasteiger partial charge in [-0.1, -0.05) is 64.0 Å². The van der Waals surface area contributed by atoms with E-state index in [0.29, 0.717) is 30.0 Å². The van der Waals surface area contributed by atoms with E-state index in [2.05, 4.69) is 70.2 Å². The molecule has 0 aliphatic carbocycles. The molecule has 1 aliphatic rings. The minimum atomic E-state index is -1.33. The Morgan fingerprint density at radius 1 is 1.00 bits per heavy atom. The van der Waals surface area contributed by atoms with Gasteiger partial charge in [0, 0.05) is 28.1 Å². The third kappa shape index (κ3) is 4.93. The Balaban J connectivity index is 1.82. The van der Waals surface area contributed by atoms with E-state index in [4.69, 9.17) is 14.2 Å². The molecule has 4 aromatic rings. The van der Waals surface area contributed by atoms with Crippen molar-refractivity contribution in [2.75, 3.05) is 34.5 Å². The summed E-state index contributed by atoms with van der Waals surface area (Å²) in [5.74, 6) is 1.54. The van der Waals surface area contributed by atoms with Crippen molar-refractivity contribution in [2.24, 2.45) is 0 Å². The first kappa shape index (κ1) is 25.6. The summed E-state index contributed by atoms with van der Waals surface area (Å²) in [6.45, 7) is 2.88. The van der Waals surface area contributed by atoms with Crippen LogP contribution in [0.3, 0.4) is 0 Å². The van der Waals surface area contributed by atoms with Crippen LogP contribution in [0.5, 0.6) is 17.2 Å². The summed E-state index contributed by atoms with van der Waals surface area (Å²) in [7, 11) is 5.73. The van der Waals surface area contributed by atoms with Crippen molar-refractivity contribution in [1.29, 1.82) is 0 Å². The zero-order chi connectivity index (χ0) is 26.2. The number of benzene rings is 4. The molecule has 6 heteroatoms. The van der Waals surface area contributed by atoms with Crippen LogP contribution in [0.25, 0.3) is 10.8 Å². The van der Waals surface area contributed by atoms with E-state index < -0.39 is 11.5 Å². The number of nitrogens with zero attached hydrogens (tertiary/aromatic N) is 1. The first-order chi connectivity index (χ1) is 17.8. The highest BCUT2D eigenvalue weighted by molar-refractivity contribution is 9.10. The number of aryl methyl sites for hydroxylation is 1. The molecule has 192 valence electrons. The van der Waals surface area contributed by atoms with Crippen molar-refractivity contribution in [1.82, 2.24) is 4.90 Å². The van der Waals surface area contributed by atoms with Gasteiger partial charge in [0.05, 0.1) is 7.11 Å². The Morgan fingerprint density at radius 2 is 1.81 bits per heavy atom. The van der Waals surface area contributed by atoms with Crippen LogP contribution in [0, 0.1) is 6.92 Å². The number of hydrogen-bond acceptors (Lipinski definition) is 5. The second-order valence-electron chi connectivity index (χ2n) is 9.95. The number of fused-ring (bicyclic) bond motifs is 2. The van der Waals surface area contributed by atoms with Crippen molar-refractivity contribution < 1.29 is 19.3 Å². The molecule has 1 heterocycles. The van der Waals surface area contributed by atoms with Crippen molar-refractivity contribution >= 4 is 26.7 Å². The van der Waals surface area contributed by atoms with Gasteiger partial charge in [0.1, 0.15) is 11.4 Å². The SMILES string of the molecule is COc1cc2ccc(Br)cc2cc1[C@@H](c1cccc(C)c1)[C@@](O)(CCN(C)C)c1cccc2c1OCO2. The number of methoxy groups -OCH3 is 1. The normalized spacial score (nSPS) is 15.1. The lowest BCUT2D eigenvalue weighted by molar-refractivity contribution is 0.00164. The van der Waals surface area contributed by atoms with Crippen LogP contribution in [-0.2, 0) is 5.60 Å². The molecule has 5 rings (SSSR count). The third-order valence-corrected chi connectivity index (χ3v) is 7.61. The van der Waals surface area contributed by atoms with Gasteiger partial charge in [-0.2, -0.15) is 0 Å². The van der Waals surface area contributed by atoms with Gasteiger partial charge in [-0.25, -0.2) is 0 Å². The molecule has 0 spiro atoms. The topological polar surface area (TPSA) is 51.2 Å². The molecule has 0 unspecified atom stereocenters. The second-order valence-corrected chi connectivity index (χ2v) is 10.9. The van der Waals surface area contributed by atoms with Crippen LogP contribution in [0.4, 0.5) is 0 Å². The molecule has 0 radical (unpaired) electrons. The fourth-order valence-electron chi connectivity index (χ4n) is 5.33. The first-order valence-electron chi connectivity index (χ1n) is 12.4. The largest absolute Gasteiger partial charge is 0.496 e. The second kappa shape index (κ2) is 10.4. The van der Waals surface area contributed by atoms with Gasteiger partial charge in [0.15, 0.2) is 11.5 Å². The van der Waals surface area contributed by atoms with Gasteiger partial charge in [0.2, 0.25) is 6.79 Å². The number of para-hydroxylation sites is 1. The highest BCUT2D eigenvalue weighted by Crippen LogP contribution is 2.52. The lowest BCUT2D eigenvalue weighted by atomic mass is 9.70. The highest BCUT2D eigenvalue weighted by atomic mass is 79.9. The molecule has 37 heavy (non-hydrogen) atoms. The molecule has 1 N–H and O–H groups in total. The standard InChI is InChI=1S/C31H32BrNO4/c1-20-7-5-8-22(15-20)29(25-17-23-16-24(32)12-11-21(23)18-28(25)35-4)31(34,13-14-33(2)3)26-9-6-10-27-30(26)37-19-36-27/h5-12,15-18,29,34H,13-14,19H2,1-4H3/t29-,31-/m1/s1. The molecule has 1 aliphatic heterocycles. The van der Waals surface area contributed by atoms with Crippen LogP contribution >= 0.6 is 15.9 Å². The van der Waals surface area contributed by atoms with E-state index in [0.717, 1.165) is 37.7 Å². The maximum absolute atomic E-state index is 13.0. The number of ether oxygens (including phenoxy) is 3. The van der Waals surface area contributed by atoms with Crippen molar-refractivity contribution in [3.05, 3.63) is 99.5 Å². The molecule has 2 atom stereocenters. The summed E-state index contributed by atoms with van der Waals surface area (Å²) >= 11 is 3.62. The van der Waals surface area contributed by atoms with Crippen molar-refractivity contribution in [3.63, 3.8) is 0 Å². The molecule has 0 fully saturated rings. The number of rotatable bonds is 8. The van der Waals surface area contributed by atoms with Crippen molar-refractivity contribution in [2.45, 2.75) is 24.9 Å². The molecule has 0 aromatic heterocycles. The zero-order valence-corrected chi connectivity index (χ0v) is 23.2. The van der Waals surface area contributed by atoms with E-state index in [1.165, 1.54) is 0 Å². The number of aliphatic hydroxyl groups is 1. The number of halogens is 1. The molecule has 4 aromatic carbocycles. The van der Waals surface area contributed by atoms with Crippen LogP contribution in [-0.4, -0.2) is 44.5 Å². The van der Waals surface area contributed by atoms with E-state index >= 15 is 0 Å². The van der Waals surface area contributed by atoms with Gasteiger partial charge >= 0.3 is 0 Å². The van der Waals surface area contributed by atoms with Gasteiger partial charge in [-0.15, -0.1) is 0 Å². The van der Waals surface area contributed by atoms with Crippen LogP contribution in [0.2, 0.25) is 0 Å². The van der Waals surface area contributed by atoms with E-state index in [1.807, 2.05) is 44.4 Å². The Hall–Kier alpha value is -3.06.